The Labute approximate surface area is 107 Å². The number of benzene rings is 1. The molecule has 1 aromatic carbocycles. The Balaban J connectivity index is 2.93. The van der Waals surface area contributed by atoms with E-state index in [4.69, 9.17) is 17.3 Å². The van der Waals surface area contributed by atoms with Crippen LogP contribution in [0.25, 0.3) is 0 Å². The first kappa shape index (κ1) is 14.4. The van der Waals surface area contributed by atoms with E-state index < -0.39 is 6.10 Å². The molecule has 0 aromatic heterocycles. The molecule has 4 heteroatoms. The third-order valence-corrected chi connectivity index (χ3v) is 3.12. The van der Waals surface area contributed by atoms with Crippen LogP contribution in [0.1, 0.15) is 31.7 Å². The summed E-state index contributed by atoms with van der Waals surface area (Å²) >= 11 is 5.98. The highest BCUT2D eigenvalue weighted by Crippen LogP contribution is 2.29. The zero-order valence-corrected chi connectivity index (χ0v) is 10.9. The van der Waals surface area contributed by atoms with Gasteiger partial charge in [0.05, 0.1) is 6.10 Å². The molecule has 2 nitrogen and oxygen atoms in total. The lowest BCUT2D eigenvalue weighted by atomic mass is 9.88. The van der Waals surface area contributed by atoms with Crippen molar-refractivity contribution in [3.8, 4) is 0 Å². The van der Waals surface area contributed by atoms with E-state index in [1.165, 1.54) is 12.1 Å². The number of hydrogen-bond donors (Lipinski definition) is 2. The van der Waals surface area contributed by atoms with Gasteiger partial charge in [-0.05, 0) is 30.0 Å². The van der Waals surface area contributed by atoms with E-state index >= 15 is 0 Å². The molecule has 96 valence electrons. The van der Waals surface area contributed by atoms with Crippen LogP contribution < -0.4 is 5.73 Å². The van der Waals surface area contributed by atoms with Crippen LogP contribution in [0.15, 0.2) is 18.2 Å². The van der Waals surface area contributed by atoms with Crippen molar-refractivity contribution in [3.05, 3.63) is 34.6 Å². The Hall–Kier alpha value is -0.640. The summed E-state index contributed by atoms with van der Waals surface area (Å²) in [6, 6.07) is 4.19. The predicted molar refractivity (Wildman–Crippen MR) is 68.7 cm³/mol. The molecule has 2 unspecified atom stereocenters. The molecule has 0 fully saturated rings. The van der Waals surface area contributed by atoms with Gasteiger partial charge in [-0.2, -0.15) is 0 Å². The summed E-state index contributed by atoms with van der Waals surface area (Å²) in [7, 11) is 0. The van der Waals surface area contributed by atoms with Gasteiger partial charge < -0.3 is 10.8 Å². The third kappa shape index (κ3) is 3.95. The van der Waals surface area contributed by atoms with Gasteiger partial charge in [0.1, 0.15) is 5.82 Å². The highest BCUT2D eigenvalue weighted by Gasteiger charge is 2.22. The minimum absolute atomic E-state index is 0.245. The number of aliphatic hydroxyl groups excluding tert-OH is 1. The van der Waals surface area contributed by atoms with Crippen LogP contribution >= 0.6 is 11.6 Å². The molecule has 1 aromatic rings. The topological polar surface area (TPSA) is 46.2 Å². The SMILES string of the molecule is CC(C)CC(O)C(CN)c1ccc(F)cc1Cl. The van der Waals surface area contributed by atoms with Crippen molar-refractivity contribution in [2.24, 2.45) is 11.7 Å². The van der Waals surface area contributed by atoms with Gasteiger partial charge in [0.25, 0.3) is 0 Å². The van der Waals surface area contributed by atoms with Crippen molar-refractivity contribution in [2.75, 3.05) is 6.54 Å². The van der Waals surface area contributed by atoms with Gasteiger partial charge in [-0.1, -0.05) is 31.5 Å². The smallest absolute Gasteiger partial charge is 0.124 e. The third-order valence-electron chi connectivity index (χ3n) is 2.79. The summed E-state index contributed by atoms with van der Waals surface area (Å²) in [6.45, 7) is 4.35. The minimum Gasteiger partial charge on any atom is -0.392 e. The molecule has 1 rings (SSSR count). The number of halogens is 2. The fourth-order valence-corrected chi connectivity index (χ4v) is 2.25. The molecule has 0 spiro atoms. The normalized spacial score (nSPS) is 15.0. The highest BCUT2D eigenvalue weighted by atomic mass is 35.5. The molecule has 17 heavy (non-hydrogen) atoms. The van der Waals surface area contributed by atoms with Crippen LogP contribution in [0.3, 0.4) is 0 Å². The lowest BCUT2D eigenvalue weighted by Crippen LogP contribution is -2.27. The second-order valence-electron chi connectivity index (χ2n) is 4.70. The summed E-state index contributed by atoms with van der Waals surface area (Å²) in [5, 5.41) is 10.4. The zero-order valence-electron chi connectivity index (χ0n) is 10.2. The standard InChI is InChI=1S/C13H19ClFNO/c1-8(2)5-13(17)11(7-16)10-4-3-9(15)6-12(10)14/h3-4,6,8,11,13,17H,5,7,16H2,1-2H3. The Morgan fingerprint density at radius 2 is 2.06 bits per heavy atom. The van der Waals surface area contributed by atoms with Crippen molar-refractivity contribution in [3.63, 3.8) is 0 Å². The summed E-state index contributed by atoms with van der Waals surface area (Å²) in [5.74, 6) is -0.253. The lowest BCUT2D eigenvalue weighted by molar-refractivity contribution is 0.121. The van der Waals surface area contributed by atoms with E-state index in [1.807, 2.05) is 13.8 Å². The first-order valence-corrected chi connectivity index (χ1v) is 6.16. The highest BCUT2D eigenvalue weighted by molar-refractivity contribution is 6.31. The molecule has 0 aliphatic carbocycles. The summed E-state index contributed by atoms with van der Waals surface area (Å²) in [5.41, 5.74) is 6.39. The molecule has 0 radical (unpaired) electrons. The van der Waals surface area contributed by atoms with Crippen LogP contribution in [0.4, 0.5) is 4.39 Å². The quantitative estimate of drug-likeness (QED) is 0.854. The summed E-state index contributed by atoms with van der Waals surface area (Å²) in [6.07, 6.45) is 0.0956. The first-order valence-electron chi connectivity index (χ1n) is 5.78. The average Bonchev–Trinajstić information content (AvgIpc) is 2.21. The van der Waals surface area contributed by atoms with Crippen molar-refractivity contribution in [1.29, 1.82) is 0 Å². The van der Waals surface area contributed by atoms with E-state index in [2.05, 4.69) is 0 Å². The van der Waals surface area contributed by atoms with Crippen LogP contribution in [-0.4, -0.2) is 17.8 Å². The Bertz CT molecular complexity index is 370. The molecular formula is C13H19ClFNO. The Morgan fingerprint density at radius 3 is 2.53 bits per heavy atom. The Kier molecular flexibility index (Phi) is 5.37. The maximum absolute atomic E-state index is 12.9. The number of nitrogens with two attached hydrogens (primary N) is 1. The number of aliphatic hydroxyl groups is 1. The van der Waals surface area contributed by atoms with Gasteiger partial charge in [-0.15, -0.1) is 0 Å². The van der Waals surface area contributed by atoms with E-state index in [0.29, 0.717) is 29.5 Å². The van der Waals surface area contributed by atoms with Gasteiger partial charge >= 0.3 is 0 Å². The van der Waals surface area contributed by atoms with Gasteiger partial charge in [-0.25, -0.2) is 4.39 Å². The predicted octanol–water partition coefficient (Wildman–Crippen LogP) is 2.93. The van der Waals surface area contributed by atoms with Crippen LogP contribution in [0.2, 0.25) is 5.02 Å². The van der Waals surface area contributed by atoms with Crippen LogP contribution in [-0.2, 0) is 0 Å². The average molecular weight is 260 g/mol. The fourth-order valence-electron chi connectivity index (χ4n) is 1.94. The van der Waals surface area contributed by atoms with Gasteiger partial charge in [-0.3, -0.25) is 0 Å². The van der Waals surface area contributed by atoms with Gasteiger partial charge in [0, 0.05) is 17.5 Å². The maximum atomic E-state index is 12.9. The van der Waals surface area contributed by atoms with Crippen LogP contribution in [0.5, 0.6) is 0 Å². The molecule has 0 saturated carbocycles. The summed E-state index contributed by atoms with van der Waals surface area (Å²) < 4.78 is 12.9. The summed E-state index contributed by atoms with van der Waals surface area (Å²) in [4.78, 5) is 0. The van der Waals surface area contributed by atoms with E-state index in [1.54, 1.807) is 6.07 Å². The van der Waals surface area contributed by atoms with E-state index in [9.17, 15) is 9.50 Å². The second kappa shape index (κ2) is 6.34. The van der Waals surface area contributed by atoms with Crippen molar-refractivity contribution in [2.45, 2.75) is 32.3 Å². The lowest BCUT2D eigenvalue weighted by Gasteiger charge is -2.24. The Morgan fingerprint density at radius 1 is 1.41 bits per heavy atom. The minimum atomic E-state index is -0.553. The molecule has 2 atom stereocenters. The van der Waals surface area contributed by atoms with Gasteiger partial charge in [0.2, 0.25) is 0 Å². The number of rotatable bonds is 5. The van der Waals surface area contributed by atoms with E-state index in [-0.39, 0.29) is 11.7 Å². The molecule has 0 aliphatic heterocycles. The fraction of sp³-hybridized carbons (Fsp3) is 0.538. The molecule has 0 heterocycles. The molecular weight excluding hydrogens is 241 g/mol. The molecule has 0 amide bonds. The second-order valence-corrected chi connectivity index (χ2v) is 5.11. The monoisotopic (exact) mass is 259 g/mol. The largest absolute Gasteiger partial charge is 0.392 e. The van der Waals surface area contributed by atoms with Gasteiger partial charge in [0.15, 0.2) is 0 Å². The molecule has 0 bridgehead atoms. The molecule has 0 saturated heterocycles. The van der Waals surface area contributed by atoms with Crippen molar-refractivity contribution >= 4 is 11.6 Å². The molecule has 3 N–H and O–H groups in total. The van der Waals surface area contributed by atoms with Crippen LogP contribution in [0, 0.1) is 11.7 Å². The van der Waals surface area contributed by atoms with Crippen molar-refractivity contribution in [1.82, 2.24) is 0 Å². The first-order chi connectivity index (χ1) is 7.95. The zero-order chi connectivity index (χ0) is 13.0. The maximum Gasteiger partial charge on any atom is 0.124 e. The molecule has 0 aliphatic rings. The van der Waals surface area contributed by atoms with E-state index in [0.717, 1.165) is 0 Å². The van der Waals surface area contributed by atoms with Crippen molar-refractivity contribution < 1.29 is 9.50 Å². The number of hydrogen-bond acceptors (Lipinski definition) is 2.